The molecule has 2 aromatic rings. The van der Waals surface area contributed by atoms with Crippen molar-refractivity contribution in [1.82, 2.24) is 9.97 Å². The average Bonchev–Trinajstić information content (AvgIpc) is 2.30. The van der Waals surface area contributed by atoms with E-state index in [2.05, 4.69) is 9.97 Å². The van der Waals surface area contributed by atoms with Gasteiger partial charge in [-0.25, -0.2) is 9.78 Å². The molecule has 0 aromatic carbocycles. The van der Waals surface area contributed by atoms with Crippen molar-refractivity contribution >= 4 is 5.97 Å². The van der Waals surface area contributed by atoms with Crippen molar-refractivity contribution in [3.8, 4) is 11.3 Å². The highest BCUT2D eigenvalue weighted by atomic mass is 16.4. The third-order valence-corrected chi connectivity index (χ3v) is 2.27. The Labute approximate surface area is 92.6 Å². The molecule has 4 heteroatoms. The predicted molar refractivity (Wildman–Crippen MR) is 59.2 cm³/mol. The van der Waals surface area contributed by atoms with Crippen molar-refractivity contribution in [2.75, 3.05) is 0 Å². The molecule has 0 bridgehead atoms. The molecular weight excluding hydrogens is 204 g/mol. The molecule has 1 N–H and O–H groups in total. The first-order valence-electron chi connectivity index (χ1n) is 4.80. The highest BCUT2D eigenvalue weighted by Crippen LogP contribution is 2.19. The molecule has 2 heterocycles. The van der Waals surface area contributed by atoms with E-state index < -0.39 is 5.97 Å². The highest BCUT2D eigenvalue weighted by molar-refractivity contribution is 5.85. The maximum Gasteiger partial charge on any atom is 0.354 e. The fourth-order valence-electron chi connectivity index (χ4n) is 1.45. The normalized spacial score (nSPS) is 10.1. The summed E-state index contributed by atoms with van der Waals surface area (Å²) in [4.78, 5) is 18.7. The maximum atomic E-state index is 10.6. The Bertz CT molecular complexity index is 521. The Morgan fingerprint density at radius 2 is 2.06 bits per heavy atom. The van der Waals surface area contributed by atoms with Crippen LogP contribution in [0.15, 0.2) is 36.7 Å². The van der Waals surface area contributed by atoms with Crippen LogP contribution in [0.25, 0.3) is 11.3 Å². The lowest BCUT2D eigenvalue weighted by atomic mass is 10.1. The van der Waals surface area contributed by atoms with Gasteiger partial charge in [-0.05, 0) is 30.7 Å². The first kappa shape index (κ1) is 10.3. The van der Waals surface area contributed by atoms with E-state index in [1.807, 2.05) is 19.1 Å². The Morgan fingerprint density at radius 1 is 1.25 bits per heavy atom. The molecule has 16 heavy (non-hydrogen) atoms. The molecule has 0 spiro atoms. The lowest BCUT2D eigenvalue weighted by Gasteiger charge is -2.03. The van der Waals surface area contributed by atoms with Crippen LogP contribution < -0.4 is 0 Å². The van der Waals surface area contributed by atoms with E-state index in [4.69, 9.17) is 5.11 Å². The van der Waals surface area contributed by atoms with E-state index >= 15 is 0 Å². The van der Waals surface area contributed by atoms with Crippen molar-refractivity contribution in [3.63, 3.8) is 0 Å². The maximum absolute atomic E-state index is 10.6. The van der Waals surface area contributed by atoms with Gasteiger partial charge in [-0.2, -0.15) is 0 Å². The second-order valence-corrected chi connectivity index (χ2v) is 3.41. The number of nitrogens with zero attached hydrogens (tertiary/aromatic N) is 2. The van der Waals surface area contributed by atoms with Gasteiger partial charge in [0.2, 0.25) is 0 Å². The number of carboxylic acids is 1. The lowest BCUT2D eigenvalue weighted by molar-refractivity contribution is 0.0690. The van der Waals surface area contributed by atoms with Gasteiger partial charge in [-0.15, -0.1) is 0 Å². The van der Waals surface area contributed by atoms with Crippen LogP contribution in [0.5, 0.6) is 0 Å². The Hall–Kier alpha value is -2.23. The minimum atomic E-state index is -1.02. The van der Waals surface area contributed by atoms with Gasteiger partial charge in [0, 0.05) is 18.0 Å². The van der Waals surface area contributed by atoms with Crippen LogP contribution in [-0.4, -0.2) is 21.0 Å². The van der Waals surface area contributed by atoms with Crippen LogP contribution in [0.2, 0.25) is 0 Å². The molecular formula is C12H10N2O2. The molecule has 0 atom stereocenters. The van der Waals surface area contributed by atoms with Crippen LogP contribution in [-0.2, 0) is 0 Å². The highest BCUT2D eigenvalue weighted by Gasteiger charge is 2.06. The van der Waals surface area contributed by atoms with Crippen LogP contribution in [0.3, 0.4) is 0 Å². The van der Waals surface area contributed by atoms with Gasteiger partial charge < -0.3 is 5.11 Å². The van der Waals surface area contributed by atoms with Crippen LogP contribution in [0.1, 0.15) is 16.1 Å². The number of aromatic nitrogens is 2. The quantitative estimate of drug-likeness (QED) is 0.831. The molecule has 0 radical (unpaired) electrons. The molecule has 80 valence electrons. The van der Waals surface area contributed by atoms with E-state index in [0.29, 0.717) is 0 Å². The molecule has 0 unspecified atom stereocenters. The fraction of sp³-hybridized carbons (Fsp3) is 0.0833. The zero-order chi connectivity index (χ0) is 11.5. The minimum Gasteiger partial charge on any atom is -0.477 e. The third kappa shape index (κ3) is 1.91. The van der Waals surface area contributed by atoms with Crippen molar-refractivity contribution in [2.45, 2.75) is 6.92 Å². The van der Waals surface area contributed by atoms with Crippen molar-refractivity contribution in [3.05, 3.63) is 47.9 Å². The summed E-state index contributed by atoms with van der Waals surface area (Å²) in [7, 11) is 0. The van der Waals surface area contributed by atoms with E-state index in [1.165, 1.54) is 12.3 Å². The third-order valence-electron chi connectivity index (χ3n) is 2.27. The average molecular weight is 214 g/mol. The Morgan fingerprint density at radius 3 is 2.62 bits per heavy atom. The molecule has 0 amide bonds. The van der Waals surface area contributed by atoms with Crippen molar-refractivity contribution < 1.29 is 9.90 Å². The SMILES string of the molecule is Cc1cccnc1-c1ccc(C(=O)O)nc1. The van der Waals surface area contributed by atoms with Crippen LogP contribution in [0, 0.1) is 6.92 Å². The van der Waals surface area contributed by atoms with Gasteiger partial charge >= 0.3 is 5.97 Å². The van der Waals surface area contributed by atoms with Crippen molar-refractivity contribution in [2.24, 2.45) is 0 Å². The first-order chi connectivity index (χ1) is 7.68. The molecule has 4 nitrogen and oxygen atoms in total. The summed E-state index contributed by atoms with van der Waals surface area (Å²) in [6, 6.07) is 7.00. The smallest absolute Gasteiger partial charge is 0.354 e. The molecule has 0 aliphatic carbocycles. The number of rotatable bonds is 2. The van der Waals surface area contributed by atoms with Gasteiger partial charge in [0.15, 0.2) is 0 Å². The summed E-state index contributed by atoms with van der Waals surface area (Å²) in [5, 5.41) is 8.72. The van der Waals surface area contributed by atoms with Gasteiger partial charge in [-0.3, -0.25) is 4.98 Å². The number of carbonyl (C=O) groups is 1. The second kappa shape index (κ2) is 4.10. The van der Waals surface area contributed by atoms with Gasteiger partial charge in [0.1, 0.15) is 5.69 Å². The number of pyridine rings is 2. The van der Waals surface area contributed by atoms with Gasteiger partial charge in [0.25, 0.3) is 0 Å². The Kier molecular flexibility index (Phi) is 2.64. The molecule has 2 rings (SSSR count). The summed E-state index contributed by atoms with van der Waals surface area (Å²) in [5.41, 5.74) is 2.72. The fourth-order valence-corrected chi connectivity index (χ4v) is 1.45. The molecule has 0 aliphatic rings. The van der Waals surface area contributed by atoms with Crippen molar-refractivity contribution in [1.29, 1.82) is 0 Å². The molecule has 0 saturated carbocycles. The largest absolute Gasteiger partial charge is 0.477 e. The number of carboxylic acid groups (broad SMARTS) is 1. The summed E-state index contributed by atoms with van der Waals surface area (Å²) < 4.78 is 0. The topological polar surface area (TPSA) is 63.1 Å². The zero-order valence-electron chi connectivity index (χ0n) is 8.71. The monoisotopic (exact) mass is 214 g/mol. The predicted octanol–water partition coefficient (Wildman–Crippen LogP) is 2.15. The number of hydrogen-bond donors (Lipinski definition) is 1. The summed E-state index contributed by atoms with van der Waals surface area (Å²) >= 11 is 0. The molecule has 0 saturated heterocycles. The van der Waals surface area contributed by atoms with E-state index in [1.54, 1.807) is 12.3 Å². The standard InChI is InChI=1S/C12H10N2O2/c1-8-3-2-6-13-11(8)9-4-5-10(12(15)16)14-7-9/h2-7H,1H3,(H,15,16). The van der Waals surface area contributed by atoms with Crippen LogP contribution in [0.4, 0.5) is 0 Å². The number of aryl methyl sites for hydroxylation is 1. The second-order valence-electron chi connectivity index (χ2n) is 3.41. The van der Waals surface area contributed by atoms with Gasteiger partial charge in [-0.1, -0.05) is 6.07 Å². The number of aromatic carboxylic acids is 1. The lowest BCUT2D eigenvalue weighted by Crippen LogP contribution is -1.99. The summed E-state index contributed by atoms with van der Waals surface area (Å²) in [6.07, 6.45) is 3.23. The number of hydrogen-bond acceptors (Lipinski definition) is 3. The molecule has 0 fully saturated rings. The molecule has 0 aliphatic heterocycles. The Balaban J connectivity index is 2.43. The zero-order valence-corrected chi connectivity index (χ0v) is 8.71. The summed E-state index contributed by atoms with van der Waals surface area (Å²) in [6.45, 7) is 1.95. The minimum absolute atomic E-state index is 0.0392. The summed E-state index contributed by atoms with van der Waals surface area (Å²) in [5.74, 6) is -1.02. The van der Waals surface area contributed by atoms with E-state index in [0.717, 1.165) is 16.8 Å². The van der Waals surface area contributed by atoms with E-state index in [-0.39, 0.29) is 5.69 Å². The first-order valence-corrected chi connectivity index (χ1v) is 4.80. The van der Waals surface area contributed by atoms with Gasteiger partial charge in [0.05, 0.1) is 5.69 Å². The van der Waals surface area contributed by atoms with E-state index in [9.17, 15) is 4.79 Å². The molecule has 2 aromatic heterocycles. The van der Waals surface area contributed by atoms with Crippen LogP contribution >= 0.6 is 0 Å².